The second-order valence-electron chi connectivity index (χ2n) is 8.22. The standard InChI is InChI=1S/C24H27N3O4/c1-31-20-9-7-16(8-10-20)13-25-23(29)18-11-19-14-27(15-22(28)26-21(19)12-18)24(30)17-5-3-2-4-6-17/h2-10,18-19,21H,11-15H2,1H3,(H,25,29)(H,26,28)/t18-,19+,21+/m0/s1. The van der Waals surface area contributed by atoms with Crippen LogP contribution in [0.2, 0.25) is 0 Å². The molecule has 1 saturated carbocycles. The van der Waals surface area contributed by atoms with Crippen LogP contribution in [0.1, 0.15) is 28.8 Å². The fraction of sp³-hybridized carbons (Fsp3) is 0.375. The molecule has 0 unspecified atom stereocenters. The van der Waals surface area contributed by atoms with E-state index < -0.39 is 0 Å². The van der Waals surface area contributed by atoms with Crippen molar-refractivity contribution in [3.8, 4) is 5.75 Å². The Labute approximate surface area is 181 Å². The predicted molar refractivity (Wildman–Crippen MR) is 115 cm³/mol. The number of ether oxygens (including phenoxy) is 1. The van der Waals surface area contributed by atoms with Crippen molar-refractivity contribution in [3.63, 3.8) is 0 Å². The number of nitrogens with one attached hydrogen (secondary N) is 2. The first kappa shape index (κ1) is 20.9. The van der Waals surface area contributed by atoms with Crippen LogP contribution in [0.15, 0.2) is 54.6 Å². The summed E-state index contributed by atoms with van der Waals surface area (Å²) in [6.45, 7) is 0.966. The molecule has 31 heavy (non-hydrogen) atoms. The quantitative estimate of drug-likeness (QED) is 0.773. The van der Waals surface area contributed by atoms with Crippen LogP contribution in [0.25, 0.3) is 0 Å². The minimum Gasteiger partial charge on any atom is -0.497 e. The molecular weight excluding hydrogens is 394 g/mol. The summed E-state index contributed by atoms with van der Waals surface area (Å²) in [5.74, 6) is 0.325. The molecule has 1 aliphatic heterocycles. The van der Waals surface area contributed by atoms with Crippen LogP contribution in [-0.4, -0.2) is 48.9 Å². The fourth-order valence-corrected chi connectivity index (χ4v) is 4.49. The summed E-state index contributed by atoms with van der Waals surface area (Å²) in [7, 11) is 1.62. The molecule has 162 valence electrons. The van der Waals surface area contributed by atoms with Crippen molar-refractivity contribution in [1.29, 1.82) is 0 Å². The van der Waals surface area contributed by atoms with Crippen molar-refractivity contribution in [2.75, 3.05) is 20.2 Å². The van der Waals surface area contributed by atoms with E-state index in [1.165, 1.54) is 0 Å². The highest BCUT2D eigenvalue weighted by molar-refractivity contribution is 5.96. The molecule has 0 aromatic heterocycles. The van der Waals surface area contributed by atoms with Gasteiger partial charge in [-0.3, -0.25) is 14.4 Å². The van der Waals surface area contributed by atoms with E-state index >= 15 is 0 Å². The molecule has 7 nitrogen and oxygen atoms in total. The largest absolute Gasteiger partial charge is 0.497 e. The van der Waals surface area contributed by atoms with Crippen molar-refractivity contribution < 1.29 is 19.1 Å². The number of hydrogen-bond donors (Lipinski definition) is 2. The van der Waals surface area contributed by atoms with Crippen LogP contribution < -0.4 is 15.4 Å². The number of fused-ring (bicyclic) bond motifs is 1. The molecule has 1 aliphatic carbocycles. The van der Waals surface area contributed by atoms with Crippen molar-refractivity contribution in [1.82, 2.24) is 15.5 Å². The van der Waals surface area contributed by atoms with Gasteiger partial charge in [0.1, 0.15) is 5.75 Å². The van der Waals surface area contributed by atoms with Gasteiger partial charge in [-0.05, 0) is 48.6 Å². The molecule has 2 aromatic carbocycles. The Kier molecular flexibility index (Phi) is 6.21. The number of methoxy groups -OCH3 is 1. The molecule has 3 amide bonds. The lowest BCUT2D eigenvalue weighted by Gasteiger charge is -2.23. The summed E-state index contributed by atoms with van der Waals surface area (Å²) in [4.78, 5) is 39.6. The zero-order valence-electron chi connectivity index (χ0n) is 17.5. The third-order valence-corrected chi connectivity index (χ3v) is 6.14. The van der Waals surface area contributed by atoms with E-state index in [0.29, 0.717) is 31.5 Å². The summed E-state index contributed by atoms with van der Waals surface area (Å²) < 4.78 is 5.15. The van der Waals surface area contributed by atoms with Gasteiger partial charge in [0.05, 0.1) is 13.7 Å². The molecule has 0 bridgehead atoms. The van der Waals surface area contributed by atoms with Gasteiger partial charge in [-0.15, -0.1) is 0 Å². The van der Waals surface area contributed by atoms with E-state index in [1.807, 2.05) is 42.5 Å². The molecule has 7 heteroatoms. The van der Waals surface area contributed by atoms with Crippen molar-refractivity contribution in [2.45, 2.75) is 25.4 Å². The van der Waals surface area contributed by atoms with Crippen molar-refractivity contribution >= 4 is 17.7 Å². The molecule has 2 aliphatic rings. The van der Waals surface area contributed by atoms with Crippen molar-refractivity contribution in [2.24, 2.45) is 11.8 Å². The number of benzene rings is 2. The second kappa shape index (κ2) is 9.20. The average molecular weight is 421 g/mol. The Bertz CT molecular complexity index is 945. The van der Waals surface area contributed by atoms with Gasteiger partial charge >= 0.3 is 0 Å². The first-order valence-corrected chi connectivity index (χ1v) is 10.6. The number of amides is 3. The Morgan fingerprint density at radius 1 is 1.10 bits per heavy atom. The topological polar surface area (TPSA) is 87.7 Å². The molecule has 2 fully saturated rings. The van der Waals surface area contributed by atoms with Crippen LogP contribution in [0.5, 0.6) is 5.75 Å². The van der Waals surface area contributed by atoms with Gasteiger partial charge in [-0.1, -0.05) is 30.3 Å². The zero-order valence-corrected chi connectivity index (χ0v) is 17.5. The van der Waals surface area contributed by atoms with Crippen LogP contribution in [0.4, 0.5) is 0 Å². The maximum absolute atomic E-state index is 12.9. The van der Waals surface area contributed by atoms with E-state index in [9.17, 15) is 14.4 Å². The monoisotopic (exact) mass is 421 g/mol. The Balaban J connectivity index is 1.36. The molecule has 4 rings (SSSR count). The van der Waals surface area contributed by atoms with E-state index in [1.54, 1.807) is 24.1 Å². The Morgan fingerprint density at radius 2 is 1.84 bits per heavy atom. The van der Waals surface area contributed by atoms with Gasteiger partial charge in [0.15, 0.2) is 0 Å². The zero-order chi connectivity index (χ0) is 21.8. The first-order valence-electron chi connectivity index (χ1n) is 10.6. The van der Waals surface area contributed by atoms with E-state index in [-0.39, 0.29) is 42.1 Å². The summed E-state index contributed by atoms with van der Waals surface area (Å²) in [6.07, 6.45) is 1.25. The lowest BCUT2D eigenvalue weighted by atomic mass is 10.0. The van der Waals surface area contributed by atoms with Gasteiger partial charge < -0.3 is 20.3 Å². The number of hydrogen-bond acceptors (Lipinski definition) is 4. The highest BCUT2D eigenvalue weighted by atomic mass is 16.5. The Morgan fingerprint density at radius 3 is 2.55 bits per heavy atom. The van der Waals surface area contributed by atoms with Gasteiger partial charge in [0.2, 0.25) is 11.8 Å². The maximum Gasteiger partial charge on any atom is 0.254 e. The van der Waals surface area contributed by atoms with Crippen LogP contribution in [0, 0.1) is 11.8 Å². The predicted octanol–water partition coefficient (Wildman–Crippen LogP) is 1.98. The van der Waals surface area contributed by atoms with Crippen LogP contribution >= 0.6 is 0 Å². The number of carbonyl (C=O) groups excluding carboxylic acids is 3. The highest BCUT2D eigenvalue weighted by Gasteiger charge is 2.42. The molecule has 2 N–H and O–H groups in total. The highest BCUT2D eigenvalue weighted by Crippen LogP contribution is 2.34. The second-order valence-corrected chi connectivity index (χ2v) is 8.22. The number of nitrogens with zero attached hydrogens (tertiary/aromatic N) is 1. The SMILES string of the molecule is COc1ccc(CNC(=O)[C@H]2C[C@@H]3CN(C(=O)c4ccccc4)CC(=O)N[C@@H]3C2)cc1. The van der Waals surface area contributed by atoms with Gasteiger partial charge in [0, 0.05) is 30.6 Å². The number of carbonyl (C=O) groups is 3. The number of rotatable bonds is 5. The minimum atomic E-state index is -0.180. The molecule has 0 spiro atoms. The maximum atomic E-state index is 12.9. The van der Waals surface area contributed by atoms with Crippen LogP contribution in [-0.2, 0) is 16.1 Å². The summed E-state index contributed by atoms with van der Waals surface area (Å²) in [6, 6.07) is 16.5. The van der Waals surface area contributed by atoms with E-state index in [0.717, 1.165) is 11.3 Å². The summed E-state index contributed by atoms with van der Waals surface area (Å²) in [5.41, 5.74) is 1.56. The molecule has 3 atom stereocenters. The van der Waals surface area contributed by atoms with Gasteiger partial charge in [-0.2, -0.15) is 0 Å². The smallest absolute Gasteiger partial charge is 0.254 e. The molecular formula is C24H27N3O4. The molecule has 2 aromatic rings. The summed E-state index contributed by atoms with van der Waals surface area (Å²) in [5, 5.41) is 6.02. The third kappa shape index (κ3) is 4.87. The molecule has 1 heterocycles. The molecule has 1 saturated heterocycles. The summed E-state index contributed by atoms with van der Waals surface area (Å²) >= 11 is 0. The first-order chi connectivity index (χ1) is 15.0. The molecule has 0 radical (unpaired) electrons. The lowest BCUT2D eigenvalue weighted by molar-refractivity contribution is -0.125. The minimum absolute atomic E-state index is 0.0147. The van der Waals surface area contributed by atoms with Gasteiger partial charge in [0.25, 0.3) is 5.91 Å². The normalized spacial score (nSPS) is 22.8. The fourth-order valence-electron chi connectivity index (χ4n) is 4.49. The van der Waals surface area contributed by atoms with Crippen molar-refractivity contribution in [3.05, 3.63) is 65.7 Å². The lowest BCUT2D eigenvalue weighted by Crippen LogP contribution is -2.39. The average Bonchev–Trinajstić information content (AvgIpc) is 3.12. The van der Waals surface area contributed by atoms with Gasteiger partial charge in [-0.25, -0.2) is 0 Å². The van der Waals surface area contributed by atoms with E-state index in [2.05, 4.69) is 10.6 Å². The van der Waals surface area contributed by atoms with E-state index in [4.69, 9.17) is 4.74 Å². The third-order valence-electron chi connectivity index (χ3n) is 6.14. The van der Waals surface area contributed by atoms with Crippen LogP contribution in [0.3, 0.4) is 0 Å². The Hall–Kier alpha value is -3.35.